The Labute approximate surface area is 225 Å². The molecule has 0 aromatic heterocycles. The van der Waals surface area contributed by atoms with E-state index in [-0.39, 0.29) is 11.5 Å². The number of benzene rings is 2. The molecule has 4 nitrogen and oxygen atoms in total. The van der Waals surface area contributed by atoms with Crippen LogP contribution in [0.2, 0.25) is 0 Å². The molecule has 37 heavy (non-hydrogen) atoms. The number of rotatable bonds is 11. The Balaban J connectivity index is 1.88. The van der Waals surface area contributed by atoms with Crippen molar-refractivity contribution in [1.29, 1.82) is 0 Å². The third-order valence-electron chi connectivity index (χ3n) is 8.34. The van der Waals surface area contributed by atoms with Gasteiger partial charge in [-0.15, -0.1) is 0 Å². The van der Waals surface area contributed by atoms with Gasteiger partial charge in [-0.05, 0) is 106 Å². The molecule has 0 radical (unpaired) electrons. The molecule has 0 spiro atoms. The first-order chi connectivity index (χ1) is 17.4. The SMILES string of the molecule is CCC(O)(C=C(C)c1ccc(C(CC)(CC)c2ccc(OCC3COC(C)(C)O3)c(C)c2)cc1C)CC. The van der Waals surface area contributed by atoms with Crippen molar-refractivity contribution in [2.75, 3.05) is 13.2 Å². The molecule has 1 N–H and O–H groups in total. The second-order valence-corrected chi connectivity index (χ2v) is 11.2. The van der Waals surface area contributed by atoms with Gasteiger partial charge < -0.3 is 19.3 Å². The number of aryl methyl sites for hydroxylation is 2. The van der Waals surface area contributed by atoms with Gasteiger partial charge in [0.25, 0.3) is 0 Å². The van der Waals surface area contributed by atoms with Gasteiger partial charge in [0.1, 0.15) is 18.5 Å². The van der Waals surface area contributed by atoms with Gasteiger partial charge >= 0.3 is 0 Å². The molecule has 0 bridgehead atoms. The highest BCUT2D eigenvalue weighted by Crippen LogP contribution is 2.41. The van der Waals surface area contributed by atoms with Crippen LogP contribution in [-0.2, 0) is 14.9 Å². The maximum atomic E-state index is 10.8. The van der Waals surface area contributed by atoms with E-state index in [0.29, 0.717) is 26.1 Å². The van der Waals surface area contributed by atoms with Crippen LogP contribution in [0.25, 0.3) is 5.57 Å². The summed E-state index contributed by atoms with van der Waals surface area (Å²) < 4.78 is 17.7. The molecule has 1 saturated heterocycles. The first-order valence-electron chi connectivity index (χ1n) is 14.0. The quantitative estimate of drug-likeness (QED) is 0.335. The van der Waals surface area contributed by atoms with E-state index in [4.69, 9.17) is 14.2 Å². The first kappa shape index (κ1) is 29.4. The molecule has 2 aromatic rings. The van der Waals surface area contributed by atoms with E-state index >= 15 is 0 Å². The van der Waals surface area contributed by atoms with Crippen molar-refractivity contribution in [3.63, 3.8) is 0 Å². The lowest BCUT2D eigenvalue weighted by molar-refractivity contribution is -0.141. The molecular weight excluding hydrogens is 460 g/mol. The van der Waals surface area contributed by atoms with E-state index in [2.05, 4.69) is 71.0 Å². The highest BCUT2D eigenvalue weighted by Gasteiger charge is 2.34. The molecule has 3 rings (SSSR count). The van der Waals surface area contributed by atoms with Crippen molar-refractivity contribution in [3.8, 4) is 5.75 Å². The van der Waals surface area contributed by atoms with Crippen LogP contribution < -0.4 is 4.74 Å². The fraction of sp³-hybridized carbons (Fsp3) is 0.576. The average Bonchev–Trinajstić information content (AvgIpc) is 3.22. The molecule has 204 valence electrons. The van der Waals surface area contributed by atoms with Crippen LogP contribution >= 0.6 is 0 Å². The van der Waals surface area contributed by atoms with Gasteiger partial charge in [-0.1, -0.05) is 58.0 Å². The fourth-order valence-corrected chi connectivity index (χ4v) is 5.71. The normalized spacial score (nSPS) is 18.3. The molecule has 1 atom stereocenters. The van der Waals surface area contributed by atoms with Gasteiger partial charge in [-0.25, -0.2) is 0 Å². The monoisotopic (exact) mass is 508 g/mol. The van der Waals surface area contributed by atoms with Crippen LogP contribution in [-0.4, -0.2) is 35.8 Å². The maximum Gasteiger partial charge on any atom is 0.163 e. The van der Waals surface area contributed by atoms with Gasteiger partial charge in [-0.2, -0.15) is 0 Å². The Morgan fingerprint density at radius 2 is 1.57 bits per heavy atom. The lowest BCUT2D eigenvalue weighted by atomic mass is 9.69. The summed E-state index contributed by atoms with van der Waals surface area (Å²) in [7, 11) is 0. The Kier molecular flexibility index (Phi) is 9.32. The topological polar surface area (TPSA) is 47.9 Å². The molecule has 0 aliphatic carbocycles. The summed E-state index contributed by atoms with van der Waals surface area (Å²) >= 11 is 0. The van der Waals surface area contributed by atoms with Crippen molar-refractivity contribution in [1.82, 2.24) is 0 Å². The van der Waals surface area contributed by atoms with E-state index in [9.17, 15) is 5.11 Å². The Morgan fingerprint density at radius 1 is 0.973 bits per heavy atom. The van der Waals surface area contributed by atoms with Crippen LogP contribution in [0.3, 0.4) is 0 Å². The number of aliphatic hydroxyl groups is 1. The Hall–Kier alpha value is -2.14. The van der Waals surface area contributed by atoms with E-state index in [1.807, 2.05) is 33.8 Å². The Bertz CT molecular complexity index is 1090. The van der Waals surface area contributed by atoms with E-state index in [0.717, 1.165) is 29.7 Å². The molecule has 1 fully saturated rings. The minimum absolute atomic E-state index is 0.0518. The van der Waals surface area contributed by atoms with Crippen molar-refractivity contribution in [3.05, 3.63) is 70.3 Å². The van der Waals surface area contributed by atoms with Crippen molar-refractivity contribution in [2.45, 2.75) is 111 Å². The van der Waals surface area contributed by atoms with Gasteiger partial charge in [0.2, 0.25) is 0 Å². The van der Waals surface area contributed by atoms with Crippen molar-refractivity contribution in [2.24, 2.45) is 0 Å². The maximum absolute atomic E-state index is 10.8. The zero-order valence-electron chi connectivity index (χ0n) is 24.5. The molecule has 0 amide bonds. The summed E-state index contributed by atoms with van der Waals surface area (Å²) in [5, 5.41) is 10.8. The van der Waals surface area contributed by atoms with Crippen molar-refractivity contribution >= 4 is 5.57 Å². The minimum Gasteiger partial charge on any atom is -0.491 e. The van der Waals surface area contributed by atoms with Crippen LogP contribution in [0.5, 0.6) is 5.75 Å². The summed E-state index contributed by atoms with van der Waals surface area (Å²) in [5.74, 6) is 0.356. The zero-order chi connectivity index (χ0) is 27.4. The third kappa shape index (κ3) is 6.47. The average molecular weight is 509 g/mol. The summed E-state index contributed by atoms with van der Waals surface area (Å²) in [6.07, 6.45) is 5.42. The summed E-state index contributed by atoms with van der Waals surface area (Å²) in [5.41, 5.74) is 6.52. The molecule has 1 heterocycles. The number of allylic oxidation sites excluding steroid dienone is 1. The fourth-order valence-electron chi connectivity index (χ4n) is 5.71. The molecule has 1 aliphatic heterocycles. The molecular formula is C33H48O4. The van der Waals surface area contributed by atoms with Crippen molar-refractivity contribution < 1.29 is 19.3 Å². The number of hydrogen-bond acceptors (Lipinski definition) is 4. The summed E-state index contributed by atoms with van der Waals surface area (Å²) in [4.78, 5) is 0. The number of ether oxygens (including phenoxy) is 3. The minimum atomic E-state index is -0.750. The van der Waals surface area contributed by atoms with Crippen LogP contribution in [0, 0.1) is 13.8 Å². The molecule has 2 aromatic carbocycles. The number of hydrogen-bond donors (Lipinski definition) is 1. The lowest BCUT2D eigenvalue weighted by Gasteiger charge is -2.34. The second-order valence-electron chi connectivity index (χ2n) is 11.2. The highest BCUT2D eigenvalue weighted by atomic mass is 16.7. The van der Waals surface area contributed by atoms with E-state index in [1.165, 1.54) is 22.3 Å². The summed E-state index contributed by atoms with van der Waals surface area (Å²) in [6.45, 7) is 19.9. The van der Waals surface area contributed by atoms with E-state index < -0.39 is 11.4 Å². The van der Waals surface area contributed by atoms with Gasteiger partial charge in [-0.3, -0.25) is 0 Å². The standard InChI is InChI=1S/C33H48O4/c1-10-32(34,11-2)20-25(7)29-16-14-26(18-23(29)5)33(12-3,13-4)27-15-17-30(24(6)19-27)35-21-28-22-36-31(8,9)37-28/h14-20,28,34H,10-13,21-22H2,1-9H3. The van der Waals surface area contributed by atoms with Gasteiger partial charge in [0.15, 0.2) is 5.79 Å². The molecule has 4 heteroatoms. The predicted octanol–water partition coefficient (Wildman–Crippen LogP) is 7.89. The summed E-state index contributed by atoms with van der Waals surface area (Å²) in [6, 6.07) is 13.5. The lowest BCUT2D eigenvalue weighted by Crippen LogP contribution is -2.27. The third-order valence-corrected chi connectivity index (χ3v) is 8.34. The largest absolute Gasteiger partial charge is 0.491 e. The molecule has 0 saturated carbocycles. The molecule has 1 aliphatic rings. The first-order valence-corrected chi connectivity index (χ1v) is 14.0. The van der Waals surface area contributed by atoms with Gasteiger partial charge in [0.05, 0.1) is 12.2 Å². The Morgan fingerprint density at radius 3 is 2.05 bits per heavy atom. The smallest absolute Gasteiger partial charge is 0.163 e. The van der Waals surface area contributed by atoms with Gasteiger partial charge in [0, 0.05) is 5.41 Å². The zero-order valence-corrected chi connectivity index (χ0v) is 24.5. The predicted molar refractivity (Wildman–Crippen MR) is 153 cm³/mol. The van der Waals surface area contributed by atoms with Crippen LogP contribution in [0.1, 0.15) is 102 Å². The van der Waals surface area contributed by atoms with Crippen LogP contribution in [0.15, 0.2) is 42.5 Å². The van der Waals surface area contributed by atoms with E-state index in [1.54, 1.807) is 0 Å². The van der Waals surface area contributed by atoms with Crippen LogP contribution in [0.4, 0.5) is 0 Å². The highest BCUT2D eigenvalue weighted by molar-refractivity contribution is 5.68. The molecule has 1 unspecified atom stereocenters. The second kappa shape index (κ2) is 11.7.